The summed E-state index contributed by atoms with van der Waals surface area (Å²) >= 11 is 0. The molecule has 2 rings (SSSR count). The van der Waals surface area contributed by atoms with Crippen molar-refractivity contribution in [3.05, 3.63) is 23.5 Å². The number of Topliss-reactive ketones (excluding diaryl/α,β-unsaturated/α-hetero) is 1. The summed E-state index contributed by atoms with van der Waals surface area (Å²) in [5, 5.41) is 0. The molecule has 0 saturated heterocycles. The zero-order chi connectivity index (χ0) is 14.8. The summed E-state index contributed by atoms with van der Waals surface area (Å²) < 4.78 is 32.1. The molecule has 0 aliphatic heterocycles. The van der Waals surface area contributed by atoms with Gasteiger partial charge in [0.15, 0.2) is 5.78 Å². The smallest absolute Gasteiger partial charge is 0.354 e. The minimum Gasteiger partial charge on any atom is -0.460 e. The number of halogens is 2. The van der Waals surface area contributed by atoms with Crippen LogP contribution in [0.4, 0.5) is 8.78 Å². The number of H-pyrrole nitrogens is 1. The summed E-state index contributed by atoms with van der Waals surface area (Å²) in [4.78, 5) is 25.4. The van der Waals surface area contributed by atoms with E-state index < -0.39 is 17.8 Å². The maximum absolute atomic E-state index is 13.6. The fourth-order valence-electron chi connectivity index (χ4n) is 2.35. The van der Waals surface area contributed by atoms with Crippen molar-refractivity contribution in [2.75, 3.05) is 6.61 Å². The fourth-order valence-corrected chi connectivity index (χ4v) is 2.35. The largest absolute Gasteiger partial charge is 0.460 e. The van der Waals surface area contributed by atoms with Crippen LogP contribution >= 0.6 is 0 Å². The number of ketones is 1. The lowest BCUT2D eigenvalue weighted by molar-refractivity contribution is -0.103. The molecule has 1 atom stereocenters. The molecular formula is C14H17F2NO3. The number of alkyl halides is 2. The third kappa shape index (κ3) is 3.23. The van der Waals surface area contributed by atoms with Gasteiger partial charge in [0.1, 0.15) is 12.3 Å². The van der Waals surface area contributed by atoms with Crippen molar-refractivity contribution in [3.8, 4) is 0 Å². The lowest BCUT2D eigenvalue weighted by Gasteiger charge is -2.30. The summed E-state index contributed by atoms with van der Waals surface area (Å²) in [6, 6.07) is 2.88. The monoisotopic (exact) mass is 285 g/mol. The molecule has 6 heteroatoms. The van der Waals surface area contributed by atoms with Gasteiger partial charge < -0.3 is 9.72 Å². The van der Waals surface area contributed by atoms with Crippen LogP contribution in [-0.2, 0) is 4.74 Å². The zero-order valence-electron chi connectivity index (χ0n) is 11.2. The fraction of sp³-hybridized carbons (Fsp3) is 0.571. The maximum Gasteiger partial charge on any atom is 0.354 e. The second kappa shape index (κ2) is 5.73. The van der Waals surface area contributed by atoms with E-state index in [9.17, 15) is 18.4 Å². The highest BCUT2D eigenvalue weighted by molar-refractivity contribution is 5.95. The highest BCUT2D eigenvalue weighted by Crippen LogP contribution is 2.38. The lowest BCUT2D eigenvalue weighted by Crippen LogP contribution is -2.35. The van der Waals surface area contributed by atoms with E-state index in [0.29, 0.717) is 18.5 Å². The molecule has 1 aromatic heterocycles. The number of aromatic nitrogens is 1. The number of hydrogen-bond donors (Lipinski definition) is 1. The first-order valence-electron chi connectivity index (χ1n) is 6.65. The summed E-state index contributed by atoms with van der Waals surface area (Å²) in [6.45, 7) is 1.07. The van der Waals surface area contributed by atoms with Gasteiger partial charge in [0.25, 0.3) is 5.92 Å². The Bertz CT molecular complexity index is 510. The van der Waals surface area contributed by atoms with Crippen LogP contribution in [0.2, 0.25) is 0 Å². The Balaban J connectivity index is 1.92. The third-order valence-electron chi connectivity index (χ3n) is 3.61. The molecule has 110 valence electrons. The maximum atomic E-state index is 13.6. The van der Waals surface area contributed by atoms with Gasteiger partial charge in [0, 0.05) is 13.3 Å². The summed E-state index contributed by atoms with van der Waals surface area (Å²) in [7, 11) is 0. The van der Waals surface area contributed by atoms with Crippen molar-refractivity contribution >= 4 is 11.8 Å². The Morgan fingerprint density at radius 1 is 1.35 bits per heavy atom. The Labute approximate surface area is 115 Å². The summed E-state index contributed by atoms with van der Waals surface area (Å²) in [5.74, 6) is -4.59. The Morgan fingerprint density at radius 2 is 2.05 bits per heavy atom. The van der Waals surface area contributed by atoms with E-state index in [0.717, 1.165) is 6.42 Å². The van der Waals surface area contributed by atoms with Gasteiger partial charge in [-0.15, -0.1) is 0 Å². The molecule has 0 aromatic carbocycles. The first-order chi connectivity index (χ1) is 9.40. The molecule has 1 N–H and O–H groups in total. The zero-order valence-corrected chi connectivity index (χ0v) is 11.2. The van der Waals surface area contributed by atoms with Gasteiger partial charge in [-0.3, -0.25) is 4.79 Å². The molecule has 20 heavy (non-hydrogen) atoms. The van der Waals surface area contributed by atoms with Crippen LogP contribution in [0.5, 0.6) is 0 Å². The highest BCUT2D eigenvalue weighted by atomic mass is 19.3. The van der Waals surface area contributed by atoms with Crippen LogP contribution in [0.3, 0.4) is 0 Å². The second-order valence-electron chi connectivity index (χ2n) is 5.14. The van der Waals surface area contributed by atoms with Crippen LogP contribution in [0.25, 0.3) is 0 Å². The molecule has 1 heterocycles. The van der Waals surface area contributed by atoms with Crippen molar-refractivity contribution < 1.29 is 23.1 Å². The first-order valence-corrected chi connectivity index (χ1v) is 6.65. The SMILES string of the molecule is CC(=O)c1ccc(C(=O)OCC2CCCCC2(F)F)[nH]1. The quantitative estimate of drug-likeness (QED) is 0.682. The number of ether oxygens (including phenoxy) is 1. The number of carbonyl (C=O) groups is 2. The van der Waals surface area contributed by atoms with E-state index in [4.69, 9.17) is 4.74 Å². The number of esters is 1. The van der Waals surface area contributed by atoms with Crippen LogP contribution < -0.4 is 0 Å². The van der Waals surface area contributed by atoms with E-state index in [-0.39, 0.29) is 24.5 Å². The molecule has 1 aliphatic carbocycles. The molecule has 0 amide bonds. The predicted molar refractivity (Wildman–Crippen MR) is 68.0 cm³/mol. The topological polar surface area (TPSA) is 59.2 Å². The molecule has 1 aliphatic rings. The van der Waals surface area contributed by atoms with Crippen molar-refractivity contribution in [2.45, 2.75) is 38.5 Å². The Kier molecular flexibility index (Phi) is 4.20. The van der Waals surface area contributed by atoms with Crippen LogP contribution in [0, 0.1) is 5.92 Å². The number of aromatic amines is 1. The highest BCUT2D eigenvalue weighted by Gasteiger charge is 2.42. The molecule has 0 bridgehead atoms. The molecule has 1 fully saturated rings. The average Bonchev–Trinajstić information content (AvgIpc) is 2.86. The summed E-state index contributed by atoms with van der Waals surface area (Å²) in [6.07, 6.45) is 1.46. The molecular weight excluding hydrogens is 268 g/mol. The van der Waals surface area contributed by atoms with Gasteiger partial charge in [-0.25, -0.2) is 13.6 Å². The summed E-state index contributed by atoms with van der Waals surface area (Å²) in [5.41, 5.74) is 0.397. The molecule has 1 unspecified atom stereocenters. The van der Waals surface area contributed by atoms with E-state index in [1.807, 2.05) is 0 Å². The number of hydrogen-bond acceptors (Lipinski definition) is 3. The second-order valence-corrected chi connectivity index (χ2v) is 5.14. The number of nitrogens with one attached hydrogen (secondary N) is 1. The molecule has 4 nitrogen and oxygen atoms in total. The average molecular weight is 285 g/mol. The van der Waals surface area contributed by atoms with Crippen molar-refractivity contribution in [1.82, 2.24) is 4.98 Å². The van der Waals surface area contributed by atoms with Crippen molar-refractivity contribution in [2.24, 2.45) is 5.92 Å². The standard InChI is InChI=1S/C14H17F2NO3/c1-9(18)11-5-6-12(17-11)13(19)20-8-10-4-2-3-7-14(10,15)16/h5-6,10,17H,2-4,7-8H2,1H3. The van der Waals surface area contributed by atoms with Crippen molar-refractivity contribution in [3.63, 3.8) is 0 Å². The van der Waals surface area contributed by atoms with E-state index in [1.165, 1.54) is 19.1 Å². The third-order valence-corrected chi connectivity index (χ3v) is 3.61. The van der Waals surface area contributed by atoms with Gasteiger partial charge in [-0.1, -0.05) is 6.42 Å². The van der Waals surface area contributed by atoms with E-state index in [2.05, 4.69) is 4.98 Å². The Hall–Kier alpha value is -1.72. The minimum absolute atomic E-state index is 0.106. The number of rotatable bonds is 4. The lowest BCUT2D eigenvalue weighted by atomic mass is 9.86. The molecule has 1 aromatic rings. The van der Waals surface area contributed by atoms with Gasteiger partial charge in [0.05, 0.1) is 11.6 Å². The minimum atomic E-state index is -2.77. The van der Waals surface area contributed by atoms with E-state index >= 15 is 0 Å². The van der Waals surface area contributed by atoms with E-state index in [1.54, 1.807) is 0 Å². The van der Waals surface area contributed by atoms with Crippen LogP contribution in [-0.4, -0.2) is 29.3 Å². The number of carbonyl (C=O) groups excluding carboxylic acids is 2. The van der Waals surface area contributed by atoms with Gasteiger partial charge in [-0.2, -0.15) is 0 Å². The predicted octanol–water partition coefficient (Wildman–Crippen LogP) is 3.20. The molecule has 0 radical (unpaired) electrons. The first kappa shape index (κ1) is 14.7. The normalized spacial score (nSPS) is 21.4. The van der Waals surface area contributed by atoms with Crippen molar-refractivity contribution in [1.29, 1.82) is 0 Å². The van der Waals surface area contributed by atoms with Gasteiger partial charge in [-0.05, 0) is 25.0 Å². The Morgan fingerprint density at radius 3 is 2.65 bits per heavy atom. The van der Waals surface area contributed by atoms with Gasteiger partial charge in [0.2, 0.25) is 0 Å². The van der Waals surface area contributed by atoms with Crippen LogP contribution in [0.15, 0.2) is 12.1 Å². The van der Waals surface area contributed by atoms with Gasteiger partial charge >= 0.3 is 5.97 Å². The molecule has 0 spiro atoms. The van der Waals surface area contributed by atoms with Crippen LogP contribution in [0.1, 0.15) is 53.6 Å². The molecule has 1 saturated carbocycles.